The molecule has 0 aliphatic rings. The van der Waals surface area contributed by atoms with Crippen LogP contribution in [0.5, 0.6) is 5.75 Å². The second kappa shape index (κ2) is 7.67. The fourth-order valence-corrected chi connectivity index (χ4v) is 2.32. The molecular formula is C16H23NO4. The Labute approximate surface area is 125 Å². The number of benzene rings is 1. The van der Waals surface area contributed by atoms with Crippen molar-refractivity contribution in [3.05, 3.63) is 29.3 Å². The number of carbonyl (C=O) groups excluding carboxylic acids is 1. The average molecular weight is 293 g/mol. The molecule has 5 nitrogen and oxygen atoms in total. The topological polar surface area (TPSA) is 86.6 Å². The lowest BCUT2D eigenvalue weighted by molar-refractivity contribution is -0.138. The van der Waals surface area contributed by atoms with E-state index in [1.165, 1.54) is 6.07 Å². The molecule has 0 aliphatic heterocycles. The number of rotatable bonds is 7. The monoisotopic (exact) mass is 293 g/mol. The number of hydrogen-bond donors (Lipinski definition) is 3. The number of carboxylic acid groups (broad SMARTS) is 1. The molecule has 0 spiro atoms. The number of phenolic OH excluding ortho intramolecular Hbond substituents is 1. The largest absolute Gasteiger partial charge is 0.507 e. The molecule has 0 aromatic heterocycles. The quantitative estimate of drug-likeness (QED) is 0.721. The fraction of sp³-hybridized carbons (Fsp3) is 0.500. The minimum Gasteiger partial charge on any atom is -0.507 e. The summed E-state index contributed by atoms with van der Waals surface area (Å²) in [6.45, 7) is 6.15. The lowest BCUT2D eigenvalue weighted by Crippen LogP contribution is -2.31. The summed E-state index contributed by atoms with van der Waals surface area (Å²) < 4.78 is 0. The van der Waals surface area contributed by atoms with E-state index in [1.807, 2.05) is 20.8 Å². The van der Waals surface area contributed by atoms with Crippen molar-refractivity contribution >= 4 is 11.9 Å². The van der Waals surface area contributed by atoms with E-state index in [4.69, 9.17) is 5.11 Å². The third-order valence-corrected chi connectivity index (χ3v) is 3.22. The van der Waals surface area contributed by atoms with Gasteiger partial charge < -0.3 is 15.5 Å². The minimum atomic E-state index is -0.868. The second-order valence-corrected chi connectivity index (χ2v) is 5.82. The van der Waals surface area contributed by atoms with Gasteiger partial charge in [0.15, 0.2) is 0 Å². The summed E-state index contributed by atoms with van der Waals surface area (Å²) >= 11 is 0. The van der Waals surface area contributed by atoms with Gasteiger partial charge in [-0.15, -0.1) is 0 Å². The van der Waals surface area contributed by atoms with Crippen LogP contribution in [-0.4, -0.2) is 28.6 Å². The van der Waals surface area contributed by atoms with Gasteiger partial charge in [0.2, 0.25) is 0 Å². The maximum Gasteiger partial charge on any atom is 0.303 e. The zero-order valence-electron chi connectivity index (χ0n) is 12.7. The Morgan fingerprint density at radius 3 is 2.48 bits per heavy atom. The molecule has 0 fully saturated rings. The van der Waals surface area contributed by atoms with Crippen LogP contribution < -0.4 is 5.32 Å². The number of amides is 1. The van der Waals surface area contributed by atoms with Crippen LogP contribution in [0.2, 0.25) is 0 Å². The smallest absolute Gasteiger partial charge is 0.303 e. The van der Waals surface area contributed by atoms with Crippen LogP contribution in [0.3, 0.4) is 0 Å². The predicted octanol–water partition coefficient (Wildman–Crippen LogP) is 2.57. The molecule has 0 bridgehead atoms. The van der Waals surface area contributed by atoms with Crippen LogP contribution in [0.15, 0.2) is 18.2 Å². The van der Waals surface area contributed by atoms with E-state index in [9.17, 15) is 14.7 Å². The standard InChI is InChI=1S/C16H23NO4/c1-10(2)6-12(8-15(19)20)9-17-16(21)13-5-4-11(3)7-14(13)18/h4-5,7,10,12,18H,6,8-9H2,1-3H3,(H,17,21)(H,19,20). The lowest BCUT2D eigenvalue weighted by atomic mass is 9.94. The molecule has 1 unspecified atom stereocenters. The number of carboxylic acids is 1. The Kier molecular flexibility index (Phi) is 6.21. The van der Waals surface area contributed by atoms with Gasteiger partial charge in [0.25, 0.3) is 5.91 Å². The van der Waals surface area contributed by atoms with E-state index < -0.39 is 5.97 Å². The third kappa shape index (κ3) is 5.85. The van der Waals surface area contributed by atoms with E-state index in [2.05, 4.69) is 5.32 Å². The molecule has 1 amide bonds. The highest BCUT2D eigenvalue weighted by atomic mass is 16.4. The average Bonchev–Trinajstić information content (AvgIpc) is 2.34. The maximum atomic E-state index is 12.0. The molecule has 0 saturated heterocycles. The Hall–Kier alpha value is -2.04. The summed E-state index contributed by atoms with van der Waals surface area (Å²) in [7, 11) is 0. The van der Waals surface area contributed by atoms with E-state index in [1.54, 1.807) is 12.1 Å². The molecule has 0 radical (unpaired) electrons. The van der Waals surface area contributed by atoms with Gasteiger partial charge in [0.1, 0.15) is 5.75 Å². The Balaban J connectivity index is 2.65. The van der Waals surface area contributed by atoms with Crippen molar-refractivity contribution in [3.63, 3.8) is 0 Å². The molecule has 0 aliphatic carbocycles. The number of phenols is 1. The van der Waals surface area contributed by atoms with E-state index in [0.717, 1.165) is 12.0 Å². The van der Waals surface area contributed by atoms with Crippen LogP contribution in [-0.2, 0) is 4.79 Å². The molecule has 3 N–H and O–H groups in total. The van der Waals surface area contributed by atoms with Crippen molar-refractivity contribution in [1.82, 2.24) is 5.32 Å². The molecular weight excluding hydrogens is 270 g/mol. The summed E-state index contributed by atoms with van der Waals surface area (Å²) in [4.78, 5) is 22.9. The fourth-order valence-electron chi connectivity index (χ4n) is 2.32. The van der Waals surface area contributed by atoms with E-state index in [0.29, 0.717) is 5.92 Å². The van der Waals surface area contributed by atoms with Gasteiger partial charge in [-0.25, -0.2) is 0 Å². The van der Waals surface area contributed by atoms with Crippen molar-refractivity contribution < 1.29 is 19.8 Å². The molecule has 116 valence electrons. The second-order valence-electron chi connectivity index (χ2n) is 5.82. The third-order valence-electron chi connectivity index (χ3n) is 3.22. The van der Waals surface area contributed by atoms with Crippen molar-refractivity contribution in [2.45, 2.75) is 33.6 Å². The Morgan fingerprint density at radius 2 is 1.95 bits per heavy atom. The Bertz CT molecular complexity index is 511. The van der Waals surface area contributed by atoms with Gasteiger partial charge in [-0.3, -0.25) is 9.59 Å². The highest BCUT2D eigenvalue weighted by Gasteiger charge is 2.17. The molecule has 0 saturated carbocycles. The van der Waals surface area contributed by atoms with Crippen LogP contribution >= 0.6 is 0 Å². The van der Waals surface area contributed by atoms with Crippen molar-refractivity contribution in [2.75, 3.05) is 6.54 Å². The minimum absolute atomic E-state index is 0.0261. The van der Waals surface area contributed by atoms with Crippen LogP contribution in [0.25, 0.3) is 0 Å². The van der Waals surface area contributed by atoms with Crippen molar-refractivity contribution in [3.8, 4) is 5.75 Å². The molecule has 21 heavy (non-hydrogen) atoms. The van der Waals surface area contributed by atoms with Gasteiger partial charge in [-0.1, -0.05) is 19.9 Å². The lowest BCUT2D eigenvalue weighted by Gasteiger charge is -2.18. The molecule has 1 atom stereocenters. The number of aryl methyl sites for hydroxylation is 1. The summed E-state index contributed by atoms with van der Waals surface area (Å²) in [6.07, 6.45) is 0.755. The first kappa shape index (κ1) is 17.0. The van der Waals surface area contributed by atoms with Gasteiger partial charge in [0, 0.05) is 13.0 Å². The number of aliphatic carboxylic acids is 1. The molecule has 1 aromatic rings. The van der Waals surface area contributed by atoms with Gasteiger partial charge in [0.05, 0.1) is 5.56 Å². The highest BCUT2D eigenvalue weighted by Crippen LogP contribution is 2.19. The first-order valence-corrected chi connectivity index (χ1v) is 7.09. The maximum absolute atomic E-state index is 12.0. The van der Waals surface area contributed by atoms with Gasteiger partial charge in [-0.05, 0) is 42.9 Å². The highest BCUT2D eigenvalue weighted by molar-refractivity contribution is 5.96. The normalized spacial score (nSPS) is 12.2. The number of nitrogens with one attached hydrogen (secondary N) is 1. The van der Waals surface area contributed by atoms with Gasteiger partial charge in [-0.2, -0.15) is 0 Å². The molecule has 1 rings (SSSR count). The first-order chi connectivity index (χ1) is 9.79. The number of hydrogen-bond acceptors (Lipinski definition) is 3. The van der Waals surface area contributed by atoms with Crippen LogP contribution in [0.4, 0.5) is 0 Å². The van der Waals surface area contributed by atoms with E-state index >= 15 is 0 Å². The molecule has 0 heterocycles. The van der Waals surface area contributed by atoms with Crippen LogP contribution in [0, 0.1) is 18.8 Å². The SMILES string of the molecule is Cc1ccc(C(=O)NCC(CC(=O)O)CC(C)C)c(O)c1. The van der Waals surface area contributed by atoms with E-state index in [-0.39, 0.29) is 36.1 Å². The molecule has 1 aromatic carbocycles. The predicted molar refractivity (Wildman–Crippen MR) is 80.4 cm³/mol. The number of carbonyl (C=O) groups is 2. The molecule has 5 heteroatoms. The summed E-state index contributed by atoms with van der Waals surface area (Å²) in [6, 6.07) is 4.84. The summed E-state index contributed by atoms with van der Waals surface area (Å²) in [5.74, 6) is -1.07. The first-order valence-electron chi connectivity index (χ1n) is 7.09. The summed E-state index contributed by atoms with van der Waals surface area (Å²) in [5.41, 5.74) is 1.08. The Morgan fingerprint density at radius 1 is 1.29 bits per heavy atom. The van der Waals surface area contributed by atoms with Gasteiger partial charge >= 0.3 is 5.97 Å². The number of aromatic hydroxyl groups is 1. The zero-order valence-corrected chi connectivity index (χ0v) is 12.7. The van der Waals surface area contributed by atoms with Crippen molar-refractivity contribution in [2.24, 2.45) is 11.8 Å². The zero-order chi connectivity index (χ0) is 16.0. The van der Waals surface area contributed by atoms with Crippen LogP contribution in [0.1, 0.15) is 42.6 Å². The van der Waals surface area contributed by atoms with Crippen molar-refractivity contribution in [1.29, 1.82) is 0 Å². The summed E-state index contributed by atoms with van der Waals surface area (Å²) in [5, 5.41) is 21.4.